The normalized spacial score (nSPS) is 26.2. The largest absolute Gasteiger partial charge is 0.356 e. The molecule has 1 aromatic heterocycles. The minimum absolute atomic E-state index is 0.0230. The Hall–Kier alpha value is -2.01. The molecule has 1 aliphatic heterocycles. The maximum absolute atomic E-state index is 12.9. The first-order valence-corrected chi connectivity index (χ1v) is 8.72. The van der Waals surface area contributed by atoms with Crippen molar-refractivity contribution in [2.75, 3.05) is 13.6 Å². The number of benzene rings is 1. The third-order valence-corrected chi connectivity index (χ3v) is 5.86. The summed E-state index contributed by atoms with van der Waals surface area (Å²) in [6.45, 7) is 0.740. The van der Waals surface area contributed by atoms with E-state index in [1.165, 1.54) is 0 Å². The zero-order chi connectivity index (χ0) is 16.8. The molecule has 24 heavy (non-hydrogen) atoms. The van der Waals surface area contributed by atoms with Crippen molar-refractivity contribution in [3.8, 4) is 0 Å². The number of aromatic nitrogens is 1. The van der Waals surface area contributed by atoms with Crippen LogP contribution in [0.4, 0.5) is 0 Å². The van der Waals surface area contributed by atoms with Crippen molar-refractivity contribution >= 4 is 34.3 Å². The van der Waals surface area contributed by atoms with Crippen LogP contribution in [0.5, 0.6) is 0 Å². The second-order valence-corrected chi connectivity index (χ2v) is 7.36. The molecule has 5 nitrogen and oxygen atoms in total. The summed E-state index contributed by atoms with van der Waals surface area (Å²) in [5.41, 5.74) is 1.43. The number of nitrogens with zero attached hydrogens (tertiary/aromatic N) is 1. The first-order chi connectivity index (χ1) is 11.5. The number of halogens is 1. The lowest BCUT2D eigenvalue weighted by Crippen LogP contribution is -2.38. The van der Waals surface area contributed by atoms with Crippen LogP contribution in [0.25, 0.3) is 10.9 Å². The molecule has 2 amide bonds. The molecule has 126 valence electrons. The molecule has 2 N–H and O–H groups in total. The average molecular weight is 346 g/mol. The fourth-order valence-electron chi connectivity index (χ4n) is 4.14. The van der Waals surface area contributed by atoms with Gasteiger partial charge in [-0.3, -0.25) is 9.59 Å². The van der Waals surface area contributed by atoms with Gasteiger partial charge in [0.25, 0.3) is 5.91 Å². The Balaban J connectivity index is 1.53. The molecule has 6 heteroatoms. The number of H-pyrrole nitrogens is 1. The first-order valence-electron chi connectivity index (χ1n) is 8.34. The summed E-state index contributed by atoms with van der Waals surface area (Å²) in [5.74, 6) is 0.998. The zero-order valence-electron chi connectivity index (χ0n) is 13.5. The van der Waals surface area contributed by atoms with Gasteiger partial charge in [-0.15, -0.1) is 0 Å². The Labute approximate surface area is 145 Å². The van der Waals surface area contributed by atoms with Crippen molar-refractivity contribution in [1.29, 1.82) is 0 Å². The van der Waals surface area contributed by atoms with Crippen molar-refractivity contribution < 1.29 is 9.59 Å². The Morgan fingerprint density at radius 2 is 2.08 bits per heavy atom. The van der Waals surface area contributed by atoms with Crippen molar-refractivity contribution in [2.45, 2.75) is 25.3 Å². The Kier molecular flexibility index (Phi) is 3.76. The Morgan fingerprint density at radius 1 is 1.29 bits per heavy atom. The number of carbonyl (C=O) groups is 2. The smallest absolute Gasteiger partial charge is 0.270 e. The monoisotopic (exact) mass is 345 g/mol. The highest BCUT2D eigenvalue weighted by atomic mass is 35.5. The summed E-state index contributed by atoms with van der Waals surface area (Å²) >= 11 is 6.19. The molecule has 0 unspecified atom stereocenters. The molecule has 2 heterocycles. The molecular weight excluding hydrogens is 326 g/mol. The zero-order valence-corrected chi connectivity index (χ0v) is 14.3. The van der Waals surface area contributed by atoms with E-state index in [1.54, 1.807) is 0 Å². The third-order valence-electron chi connectivity index (χ3n) is 5.53. The van der Waals surface area contributed by atoms with Crippen LogP contribution in [-0.2, 0) is 4.79 Å². The summed E-state index contributed by atoms with van der Waals surface area (Å²) in [4.78, 5) is 29.4. The van der Waals surface area contributed by atoms with Gasteiger partial charge < -0.3 is 15.2 Å². The number of rotatable bonds is 2. The minimum Gasteiger partial charge on any atom is -0.356 e. The molecule has 2 aromatic rings. The topological polar surface area (TPSA) is 65.2 Å². The molecule has 0 bridgehead atoms. The van der Waals surface area contributed by atoms with Crippen molar-refractivity contribution in [1.82, 2.24) is 15.2 Å². The quantitative estimate of drug-likeness (QED) is 0.879. The van der Waals surface area contributed by atoms with E-state index in [1.807, 2.05) is 36.2 Å². The van der Waals surface area contributed by atoms with E-state index in [0.717, 1.165) is 30.3 Å². The molecule has 0 spiro atoms. The van der Waals surface area contributed by atoms with Gasteiger partial charge in [0.05, 0.1) is 0 Å². The van der Waals surface area contributed by atoms with Gasteiger partial charge in [-0.2, -0.15) is 0 Å². The molecule has 4 rings (SSSR count). The number of aromatic amines is 1. The van der Waals surface area contributed by atoms with Gasteiger partial charge in [0, 0.05) is 42.0 Å². The molecule has 1 aromatic carbocycles. The molecule has 2 aliphatic rings. The number of carbonyl (C=O) groups excluding carboxylic acids is 2. The summed E-state index contributed by atoms with van der Waals surface area (Å²) in [6, 6.07) is 7.61. The molecule has 1 saturated carbocycles. The maximum atomic E-state index is 12.9. The molecule has 1 aliphatic carbocycles. The van der Waals surface area contributed by atoms with Crippen molar-refractivity contribution in [3.63, 3.8) is 0 Å². The van der Waals surface area contributed by atoms with E-state index < -0.39 is 0 Å². The first kappa shape index (κ1) is 15.5. The van der Waals surface area contributed by atoms with Crippen LogP contribution in [0.2, 0.25) is 5.02 Å². The molecular formula is C18H20ClN3O2. The molecule has 2 fully saturated rings. The minimum atomic E-state index is -0.0230. The Morgan fingerprint density at radius 3 is 2.88 bits per heavy atom. The summed E-state index contributed by atoms with van der Waals surface area (Å²) < 4.78 is 0. The van der Waals surface area contributed by atoms with Crippen LogP contribution >= 0.6 is 11.6 Å². The highest BCUT2D eigenvalue weighted by molar-refractivity contribution is 6.35. The number of fused-ring (bicyclic) bond motifs is 2. The van der Waals surface area contributed by atoms with Gasteiger partial charge in [0.1, 0.15) is 5.69 Å². The molecule has 3 atom stereocenters. The van der Waals surface area contributed by atoms with Crippen LogP contribution in [0.15, 0.2) is 24.3 Å². The predicted molar refractivity (Wildman–Crippen MR) is 93.0 cm³/mol. The van der Waals surface area contributed by atoms with Crippen LogP contribution in [0.1, 0.15) is 29.8 Å². The molecule has 0 radical (unpaired) electrons. The van der Waals surface area contributed by atoms with Crippen molar-refractivity contribution in [2.24, 2.45) is 11.8 Å². The number of hydrogen-bond donors (Lipinski definition) is 2. The van der Waals surface area contributed by atoms with Crippen LogP contribution in [0, 0.1) is 11.8 Å². The summed E-state index contributed by atoms with van der Waals surface area (Å²) in [7, 11) is 1.85. The summed E-state index contributed by atoms with van der Waals surface area (Å²) in [6.07, 6.45) is 2.45. The molecule has 1 saturated heterocycles. The Bertz CT molecular complexity index is 816. The number of piperidine rings is 1. The second kappa shape index (κ2) is 5.81. The highest BCUT2D eigenvalue weighted by Gasteiger charge is 2.40. The van der Waals surface area contributed by atoms with E-state index in [0.29, 0.717) is 29.0 Å². The van der Waals surface area contributed by atoms with E-state index in [-0.39, 0.29) is 17.9 Å². The van der Waals surface area contributed by atoms with Gasteiger partial charge in [-0.1, -0.05) is 17.7 Å². The van der Waals surface area contributed by atoms with E-state index in [2.05, 4.69) is 10.3 Å². The van der Waals surface area contributed by atoms with Gasteiger partial charge in [-0.25, -0.2) is 0 Å². The van der Waals surface area contributed by atoms with E-state index in [4.69, 9.17) is 11.6 Å². The SMILES string of the molecule is CN(C(=O)c1cc2c(Cl)cccc2[nH]1)[C@H]1C[C@H]2CC(=O)NC[C@H]2C1. The lowest BCUT2D eigenvalue weighted by Gasteiger charge is -2.24. The lowest BCUT2D eigenvalue weighted by molar-refractivity contribution is -0.124. The average Bonchev–Trinajstić information content (AvgIpc) is 3.17. The van der Waals surface area contributed by atoms with E-state index in [9.17, 15) is 9.59 Å². The van der Waals surface area contributed by atoms with Gasteiger partial charge in [0.2, 0.25) is 5.91 Å². The summed E-state index contributed by atoms with van der Waals surface area (Å²) in [5, 5.41) is 4.44. The third kappa shape index (κ3) is 2.57. The lowest BCUT2D eigenvalue weighted by atomic mass is 9.89. The number of hydrogen-bond acceptors (Lipinski definition) is 2. The number of amides is 2. The van der Waals surface area contributed by atoms with Gasteiger partial charge in [-0.05, 0) is 42.9 Å². The van der Waals surface area contributed by atoms with Crippen molar-refractivity contribution in [3.05, 3.63) is 35.0 Å². The standard InChI is InChI=1S/C18H20ClN3O2/c1-22(12-5-10-7-17(23)20-9-11(10)6-12)18(24)16-8-13-14(19)3-2-4-15(13)21-16/h2-4,8,10-12,21H,5-7,9H2,1H3,(H,20,23)/t10-,11+,12-/m0/s1. The fourth-order valence-corrected chi connectivity index (χ4v) is 4.37. The maximum Gasteiger partial charge on any atom is 0.270 e. The van der Waals surface area contributed by atoms with Crippen LogP contribution in [-0.4, -0.2) is 41.3 Å². The fraction of sp³-hybridized carbons (Fsp3) is 0.444. The van der Waals surface area contributed by atoms with Gasteiger partial charge >= 0.3 is 0 Å². The van der Waals surface area contributed by atoms with E-state index >= 15 is 0 Å². The number of nitrogens with one attached hydrogen (secondary N) is 2. The second-order valence-electron chi connectivity index (χ2n) is 6.95. The predicted octanol–water partition coefficient (Wildman–Crippen LogP) is 2.81. The van der Waals surface area contributed by atoms with Crippen LogP contribution in [0.3, 0.4) is 0 Å². The highest BCUT2D eigenvalue weighted by Crippen LogP contribution is 2.38. The van der Waals surface area contributed by atoms with Gasteiger partial charge in [0.15, 0.2) is 0 Å². The van der Waals surface area contributed by atoms with Crippen LogP contribution < -0.4 is 5.32 Å².